The number of methoxy groups -OCH3 is 1. The van der Waals surface area contributed by atoms with Crippen LogP contribution in [0.3, 0.4) is 0 Å². The van der Waals surface area contributed by atoms with E-state index in [9.17, 15) is 0 Å². The van der Waals surface area contributed by atoms with E-state index in [2.05, 4.69) is 15.3 Å². The van der Waals surface area contributed by atoms with Crippen LogP contribution in [0.4, 0.5) is 5.82 Å². The van der Waals surface area contributed by atoms with Crippen LogP contribution in [-0.2, 0) is 0 Å². The highest BCUT2D eigenvalue weighted by Crippen LogP contribution is 2.33. The van der Waals surface area contributed by atoms with E-state index in [-0.39, 0.29) is 0 Å². The molecule has 0 amide bonds. The van der Waals surface area contributed by atoms with Gasteiger partial charge in [-0.1, -0.05) is 0 Å². The van der Waals surface area contributed by atoms with Gasteiger partial charge in [-0.25, -0.2) is 9.97 Å². The van der Waals surface area contributed by atoms with E-state index in [1.165, 1.54) is 19.2 Å². The summed E-state index contributed by atoms with van der Waals surface area (Å²) in [5.74, 6) is 1.80. The molecule has 0 spiro atoms. The third-order valence-electron chi connectivity index (χ3n) is 3.84. The average Bonchev–Trinajstić information content (AvgIpc) is 3.00. The number of ether oxygens (including phenoxy) is 2. The summed E-state index contributed by atoms with van der Waals surface area (Å²) in [7, 11) is 1.62. The predicted octanol–water partition coefficient (Wildman–Crippen LogP) is 1.74. The van der Waals surface area contributed by atoms with Crippen molar-refractivity contribution < 1.29 is 9.47 Å². The molecule has 0 radical (unpaired) electrons. The zero-order valence-electron chi connectivity index (χ0n) is 12.1. The molecule has 1 aliphatic heterocycles. The van der Waals surface area contributed by atoms with E-state index in [0.29, 0.717) is 30.0 Å². The molecule has 3 rings (SSSR count). The summed E-state index contributed by atoms with van der Waals surface area (Å²) in [6, 6.07) is 4.24. The van der Waals surface area contributed by atoms with Crippen molar-refractivity contribution in [3.63, 3.8) is 0 Å². The lowest BCUT2D eigenvalue weighted by Gasteiger charge is -2.14. The summed E-state index contributed by atoms with van der Waals surface area (Å²) in [5.41, 5.74) is 6.64. The molecule has 6 nitrogen and oxygen atoms in total. The fourth-order valence-electron chi connectivity index (χ4n) is 2.67. The molecular formula is C15H20N4O2. The van der Waals surface area contributed by atoms with Crippen LogP contribution in [0, 0.1) is 0 Å². The molecule has 1 saturated heterocycles. The Morgan fingerprint density at radius 1 is 1.33 bits per heavy atom. The van der Waals surface area contributed by atoms with Gasteiger partial charge in [0.2, 0.25) is 0 Å². The standard InChI is InChI=1S/C15H20N4O2/c1-20-13-8-12-11(15(16)19-9-18-12)7-14(13)21-6-4-10-3-2-5-17-10/h7-10,17H,2-6H2,1H3,(H2,16,18,19). The normalized spacial score (nSPS) is 18.0. The SMILES string of the molecule is COc1cc2ncnc(N)c2cc1OCCC1CCCN1. The first-order valence-corrected chi connectivity index (χ1v) is 7.22. The molecule has 1 aliphatic rings. The smallest absolute Gasteiger partial charge is 0.162 e. The molecular weight excluding hydrogens is 268 g/mol. The second kappa shape index (κ2) is 6.13. The molecule has 0 bridgehead atoms. The third kappa shape index (κ3) is 3.00. The number of nitrogens with zero attached hydrogens (tertiary/aromatic N) is 2. The number of nitrogens with two attached hydrogens (primary N) is 1. The van der Waals surface area contributed by atoms with E-state index in [1.54, 1.807) is 7.11 Å². The minimum absolute atomic E-state index is 0.449. The number of aromatic nitrogens is 2. The monoisotopic (exact) mass is 288 g/mol. The first kappa shape index (κ1) is 13.9. The highest BCUT2D eigenvalue weighted by Gasteiger charge is 2.15. The molecule has 1 aromatic carbocycles. The number of hydrogen-bond donors (Lipinski definition) is 2. The van der Waals surface area contributed by atoms with Gasteiger partial charge < -0.3 is 20.5 Å². The lowest BCUT2D eigenvalue weighted by atomic mass is 10.2. The van der Waals surface area contributed by atoms with Crippen LogP contribution in [0.15, 0.2) is 18.5 Å². The van der Waals surface area contributed by atoms with Crippen LogP contribution in [0.1, 0.15) is 19.3 Å². The molecule has 112 valence electrons. The number of nitrogen functional groups attached to an aromatic ring is 1. The van der Waals surface area contributed by atoms with Crippen molar-refractivity contribution >= 4 is 16.7 Å². The van der Waals surface area contributed by atoms with Crippen molar-refractivity contribution in [2.24, 2.45) is 0 Å². The lowest BCUT2D eigenvalue weighted by Crippen LogP contribution is -2.23. The Balaban J connectivity index is 1.77. The molecule has 1 unspecified atom stereocenters. The Labute approximate surface area is 123 Å². The van der Waals surface area contributed by atoms with Crippen molar-refractivity contribution in [2.75, 3.05) is 26.0 Å². The van der Waals surface area contributed by atoms with Crippen LogP contribution < -0.4 is 20.5 Å². The van der Waals surface area contributed by atoms with Crippen LogP contribution in [0.5, 0.6) is 11.5 Å². The largest absolute Gasteiger partial charge is 0.493 e. The second-order valence-electron chi connectivity index (χ2n) is 5.21. The molecule has 2 aromatic rings. The van der Waals surface area contributed by atoms with Gasteiger partial charge in [0.25, 0.3) is 0 Å². The van der Waals surface area contributed by atoms with Gasteiger partial charge in [-0.3, -0.25) is 0 Å². The Kier molecular flexibility index (Phi) is 4.06. The summed E-state index contributed by atoms with van der Waals surface area (Å²) in [4.78, 5) is 8.21. The van der Waals surface area contributed by atoms with Crippen molar-refractivity contribution in [1.29, 1.82) is 0 Å². The number of fused-ring (bicyclic) bond motifs is 1. The van der Waals surface area contributed by atoms with Crippen molar-refractivity contribution in [3.05, 3.63) is 18.5 Å². The van der Waals surface area contributed by atoms with E-state index >= 15 is 0 Å². The molecule has 6 heteroatoms. The maximum absolute atomic E-state index is 5.89. The average molecular weight is 288 g/mol. The highest BCUT2D eigenvalue weighted by molar-refractivity contribution is 5.90. The van der Waals surface area contributed by atoms with E-state index < -0.39 is 0 Å². The van der Waals surface area contributed by atoms with Gasteiger partial charge in [0, 0.05) is 17.5 Å². The zero-order chi connectivity index (χ0) is 14.7. The van der Waals surface area contributed by atoms with E-state index in [1.807, 2.05) is 12.1 Å². The molecule has 21 heavy (non-hydrogen) atoms. The lowest BCUT2D eigenvalue weighted by molar-refractivity contribution is 0.276. The number of anilines is 1. The molecule has 2 heterocycles. The van der Waals surface area contributed by atoms with Gasteiger partial charge in [0.05, 0.1) is 19.2 Å². The first-order chi connectivity index (χ1) is 10.3. The maximum atomic E-state index is 5.89. The van der Waals surface area contributed by atoms with Gasteiger partial charge in [0.1, 0.15) is 12.1 Å². The molecule has 1 aromatic heterocycles. The van der Waals surface area contributed by atoms with Gasteiger partial charge in [-0.2, -0.15) is 0 Å². The van der Waals surface area contributed by atoms with Crippen LogP contribution >= 0.6 is 0 Å². The Hall–Kier alpha value is -2.08. The van der Waals surface area contributed by atoms with Crippen molar-refractivity contribution in [2.45, 2.75) is 25.3 Å². The van der Waals surface area contributed by atoms with Gasteiger partial charge in [0.15, 0.2) is 11.5 Å². The van der Waals surface area contributed by atoms with Gasteiger partial charge in [-0.05, 0) is 31.9 Å². The first-order valence-electron chi connectivity index (χ1n) is 7.22. The molecule has 0 aliphatic carbocycles. The topological polar surface area (TPSA) is 82.3 Å². The highest BCUT2D eigenvalue weighted by atomic mass is 16.5. The molecule has 1 atom stereocenters. The maximum Gasteiger partial charge on any atom is 0.162 e. The van der Waals surface area contributed by atoms with Gasteiger partial charge in [-0.15, -0.1) is 0 Å². The Morgan fingerprint density at radius 3 is 3.00 bits per heavy atom. The minimum atomic E-state index is 0.449. The summed E-state index contributed by atoms with van der Waals surface area (Å²) in [5, 5.41) is 4.24. The number of nitrogens with one attached hydrogen (secondary N) is 1. The quantitative estimate of drug-likeness (QED) is 0.872. The number of benzene rings is 1. The van der Waals surface area contributed by atoms with Crippen LogP contribution in [-0.4, -0.2) is 36.3 Å². The summed E-state index contributed by atoms with van der Waals surface area (Å²) in [6.45, 7) is 1.75. The molecule has 3 N–H and O–H groups in total. The van der Waals surface area contributed by atoms with Crippen molar-refractivity contribution in [3.8, 4) is 11.5 Å². The number of hydrogen-bond acceptors (Lipinski definition) is 6. The Bertz CT molecular complexity index is 626. The molecule has 1 fully saturated rings. The summed E-state index contributed by atoms with van der Waals surface area (Å²) >= 11 is 0. The van der Waals surface area contributed by atoms with Crippen LogP contribution in [0.2, 0.25) is 0 Å². The zero-order valence-corrected chi connectivity index (χ0v) is 12.1. The fraction of sp³-hybridized carbons (Fsp3) is 0.467. The third-order valence-corrected chi connectivity index (χ3v) is 3.84. The summed E-state index contributed by atoms with van der Waals surface area (Å²) < 4.78 is 11.3. The van der Waals surface area contributed by atoms with Gasteiger partial charge >= 0.3 is 0 Å². The number of rotatable bonds is 5. The minimum Gasteiger partial charge on any atom is -0.493 e. The summed E-state index contributed by atoms with van der Waals surface area (Å²) in [6.07, 6.45) is 4.90. The second-order valence-corrected chi connectivity index (χ2v) is 5.21. The Morgan fingerprint density at radius 2 is 2.24 bits per heavy atom. The molecule has 0 saturated carbocycles. The van der Waals surface area contributed by atoms with E-state index in [4.69, 9.17) is 15.2 Å². The predicted molar refractivity (Wildman–Crippen MR) is 81.6 cm³/mol. The van der Waals surface area contributed by atoms with Crippen molar-refractivity contribution in [1.82, 2.24) is 15.3 Å². The van der Waals surface area contributed by atoms with E-state index in [0.717, 1.165) is 23.9 Å². The van der Waals surface area contributed by atoms with Crippen LogP contribution in [0.25, 0.3) is 10.9 Å². The fourth-order valence-corrected chi connectivity index (χ4v) is 2.67.